The Morgan fingerprint density at radius 1 is 1.35 bits per heavy atom. The lowest BCUT2D eigenvalue weighted by molar-refractivity contribution is -0.380. The number of nitrogens with zero attached hydrogens (tertiary/aromatic N) is 1. The molecule has 2 N–H and O–H groups in total. The zero-order valence-corrected chi connectivity index (χ0v) is 12.8. The van der Waals surface area contributed by atoms with Crippen LogP contribution in [0.2, 0.25) is 0 Å². The zero-order valence-electron chi connectivity index (χ0n) is 12.0. The first-order chi connectivity index (χ1) is 9.30. The molecule has 1 aromatic heterocycles. The fourth-order valence-corrected chi connectivity index (χ4v) is 3.34. The zero-order chi connectivity index (χ0) is 14.8. The second kappa shape index (κ2) is 5.79. The van der Waals surface area contributed by atoms with Gasteiger partial charge in [-0.1, -0.05) is 25.2 Å². The third-order valence-electron chi connectivity index (χ3n) is 4.11. The van der Waals surface area contributed by atoms with Crippen molar-refractivity contribution in [1.82, 2.24) is 5.32 Å². The normalized spacial score (nSPS) is 20.8. The second-order valence-electron chi connectivity index (χ2n) is 6.49. The van der Waals surface area contributed by atoms with Crippen molar-refractivity contribution in [3.8, 4) is 0 Å². The second-order valence-corrected chi connectivity index (χ2v) is 7.64. The lowest BCUT2D eigenvalue weighted by atomic mass is 9.71. The average Bonchev–Trinajstić information content (AvgIpc) is 2.83. The maximum Gasteiger partial charge on any atom is 0.324 e. The van der Waals surface area contributed by atoms with Crippen LogP contribution in [-0.4, -0.2) is 22.2 Å². The first-order valence-electron chi connectivity index (χ1n) is 6.96. The number of aliphatic hydroxyl groups is 1. The van der Waals surface area contributed by atoms with Crippen molar-refractivity contribution in [2.24, 2.45) is 5.41 Å². The molecule has 1 saturated carbocycles. The van der Waals surface area contributed by atoms with Crippen molar-refractivity contribution in [2.45, 2.75) is 51.7 Å². The van der Waals surface area contributed by atoms with E-state index < -0.39 is 5.60 Å². The van der Waals surface area contributed by atoms with Gasteiger partial charge in [0, 0.05) is 24.0 Å². The Morgan fingerprint density at radius 3 is 2.55 bits per heavy atom. The smallest absolute Gasteiger partial charge is 0.324 e. The van der Waals surface area contributed by atoms with Gasteiger partial charge in [-0.15, -0.1) is 0 Å². The first-order valence-corrected chi connectivity index (χ1v) is 7.78. The largest absolute Gasteiger partial charge is 0.389 e. The van der Waals surface area contributed by atoms with Crippen LogP contribution in [-0.2, 0) is 6.54 Å². The van der Waals surface area contributed by atoms with E-state index in [1.807, 2.05) is 0 Å². The Bertz CT molecular complexity index is 475. The highest BCUT2D eigenvalue weighted by molar-refractivity contribution is 7.15. The molecule has 1 fully saturated rings. The van der Waals surface area contributed by atoms with E-state index in [-0.39, 0.29) is 9.92 Å². The van der Waals surface area contributed by atoms with Gasteiger partial charge in [0.05, 0.1) is 10.5 Å². The van der Waals surface area contributed by atoms with Gasteiger partial charge in [-0.3, -0.25) is 10.1 Å². The highest BCUT2D eigenvalue weighted by atomic mass is 32.1. The number of nitrogens with one attached hydrogen (secondary N) is 1. The molecule has 0 amide bonds. The van der Waals surface area contributed by atoms with Crippen LogP contribution in [0.25, 0.3) is 0 Å². The molecule has 20 heavy (non-hydrogen) atoms. The van der Waals surface area contributed by atoms with Crippen molar-refractivity contribution in [2.75, 3.05) is 6.54 Å². The predicted molar refractivity (Wildman–Crippen MR) is 79.9 cm³/mol. The van der Waals surface area contributed by atoms with Crippen LogP contribution in [0.4, 0.5) is 5.00 Å². The molecule has 0 unspecified atom stereocenters. The van der Waals surface area contributed by atoms with Gasteiger partial charge in [0.25, 0.3) is 0 Å². The molecule has 0 aromatic carbocycles. The minimum absolute atomic E-state index is 0.167. The van der Waals surface area contributed by atoms with Crippen molar-refractivity contribution in [3.05, 3.63) is 27.1 Å². The predicted octanol–water partition coefficient (Wildman–Crippen LogP) is 3.08. The van der Waals surface area contributed by atoms with Crippen molar-refractivity contribution in [1.29, 1.82) is 0 Å². The lowest BCUT2D eigenvalue weighted by Gasteiger charge is -2.40. The molecule has 0 saturated heterocycles. The highest BCUT2D eigenvalue weighted by Gasteiger charge is 2.36. The van der Waals surface area contributed by atoms with Crippen LogP contribution in [0, 0.1) is 15.5 Å². The fraction of sp³-hybridized carbons (Fsp3) is 0.714. The summed E-state index contributed by atoms with van der Waals surface area (Å²) in [6.07, 6.45) is 3.71. The van der Waals surface area contributed by atoms with Crippen molar-refractivity contribution >= 4 is 16.3 Å². The summed E-state index contributed by atoms with van der Waals surface area (Å²) in [7, 11) is 0. The summed E-state index contributed by atoms with van der Waals surface area (Å²) in [6.45, 7) is 5.61. The van der Waals surface area contributed by atoms with Gasteiger partial charge in [0.15, 0.2) is 0 Å². The lowest BCUT2D eigenvalue weighted by Crippen LogP contribution is -2.44. The first kappa shape index (κ1) is 15.4. The van der Waals surface area contributed by atoms with Crippen LogP contribution in [0.5, 0.6) is 0 Å². The standard InChI is InChI=1S/C14H22N2O3S/c1-13(2)5-7-14(17,8-6-13)10-15-9-11-3-4-12(20-11)16(18)19/h3-4,15,17H,5-10H2,1-2H3. The summed E-state index contributed by atoms with van der Waals surface area (Å²) in [5.41, 5.74) is -0.292. The van der Waals surface area contributed by atoms with Gasteiger partial charge in [-0.25, -0.2) is 0 Å². The third-order valence-corrected chi connectivity index (χ3v) is 5.15. The molecule has 1 aliphatic carbocycles. The summed E-state index contributed by atoms with van der Waals surface area (Å²) >= 11 is 1.18. The topological polar surface area (TPSA) is 75.4 Å². The summed E-state index contributed by atoms with van der Waals surface area (Å²) < 4.78 is 0. The SMILES string of the molecule is CC1(C)CCC(O)(CNCc2ccc([N+](=O)[O-])s2)CC1. The molecule has 112 valence electrons. The van der Waals surface area contributed by atoms with Gasteiger partial charge < -0.3 is 10.4 Å². The van der Waals surface area contributed by atoms with Crippen LogP contribution < -0.4 is 5.32 Å². The van der Waals surface area contributed by atoms with Gasteiger partial charge in [0.1, 0.15) is 0 Å². The summed E-state index contributed by atoms with van der Waals surface area (Å²) in [6, 6.07) is 3.29. The molecule has 1 aromatic rings. The molecule has 0 bridgehead atoms. The molecule has 6 heteroatoms. The average molecular weight is 298 g/mol. The maximum absolute atomic E-state index is 10.6. The number of hydrogen-bond donors (Lipinski definition) is 2. The molecule has 0 radical (unpaired) electrons. The van der Waals surface area contributed by atoms with Gasteiger partial charge in [-0.2, -0.15) is 0 Å². The highest BCUT2D eigenvalue weighted by Crippen LogP contribution is 2.39. The summed E-state index contributed by atoms with van der Waals surface area (Å²) in [5, 5.41) is 24.5. The van der Waals surface area contributed by atoms with Crippen LogP contribution in [0.1, 0.15) is 44.4 Å². The van der Waals surface area contributed by atoms with E-state index in [4.69, 9.17) is 0 Å². The quantitative estimate of drug-likeness (QED) is 0.647. The van der Waals surface area contributed by atoms with Crippen LogP contribution >= 0.6 is 11.3 Å². The van der Waals surface area contributed by atoms with Gasteiger partial charge in [-0.05, 0) is 37.2 Å². The van der Waals surface area contributed by atoms with E-state index in [9.17, 15) is 15.2 Å². The molecular weight excluding hydrogens is 276 g/mol. The van der Waals surface area contributed by atoms with E-state index in [0.717, 1.165) is 30.6 Å². The van der Waals surface area contributed by atoms with Crippen molar-refractivity contribution < 1.29 is 10.0 Å². The molecule has 0 spiro atoms. The molecule has 5 nitrogen and oxygen atoms in total. The monoisotopic (exact) mass is 298 g/mol. The van der Waals surface area contributed by atoms with E-state index in [0.29, 0.717) is 18.5 Å². The molecule has 1 aliphatic rings. The molecule has 0 aliphatic heterocycles. The Kier molecular flexibility index (Phi) is 4.46. The van der Waals surface area contributed by atoms with E-state index >= 15 is 0 Å². The maximum atomic E-state index is 10.6. The molecule has 1 heterocycles. The Labute approximate surface area is 123 Å². The van der Waals surface area contributed by atoms with Gasteiger partial charge >= 0.3 is 5.00 Å². The Morgan fingerprint density at radius 2 is 2.00 bits per heavy atom. The minimum atomic E-state index is -0.626. The fourth-order valence-electron chi connectivity index (χ4n) is 2.55. The Hall–Kier alpha value is -0.980. The Balaban J connectivity index is 1.79. The van der Waals surface area contributed by atoms with E-state index in [1.165, 1.54) is 17.4 Å². The number of rotatable bonds is 5. The molecule has 0 atom stereocenters. The summed E-state index contributed by atoms with van der Waals surface area (Å²) in [4.78, 5) is 11.2. The van der Waals surface area contributed by atoms with Crippen molar-refractivity contribution in [3.63, 3.8) is 0 Å². The van der Waals surface area contributed by atoms with Crippen LogP contribution in [0.15, 0.2) is 12.1 Å². The van der Waals surface area contributed by atoms with Crippen LogP contribution in [0.3, 0.4) is 0 Å². The minimum Gasteiger partial charge on any atom is -0.389 e. The molecular formula is C14H22N2O3S. The number of nitro groups is 1. The van der Waals surface area contributed by atoms with E-state index in [2.05, 4.69) is 19.2 Å². The summed E-state index contributed by atoms with van der Waals surface area (Å²) in [5.74, 6) is 0. The van der Waals surface area contributed by atoms with E-state index in [1.54, 1.807) is 6.07 Å². The number of hydrogen-bond acceptors (Lipinski definition) is 5. The third kappa shape index (κ3) is 4.01. The van der Waals surface area contributed by atoms with Gasteiger partial charge in [0.2, 0.25) is 0 Å². The number of thiophene rings is 1. The molecule has 2 rings (SSSR count).